The molecule has 1 amide bonds. The highest BCUT2D eigenvalue weighted by atomic mass is 32.2. The molecule has 1 heterocycles. The summed E-state index contributed by atoms with van der Waals surface area (Å²) in [5.41, 5.74) is 3.84. The van der Waals surface area contributed by atoms with Crippen LogP contribution in [0.15, 0.2) is 52.4 Å². The number of nitrogens with zero attached hydrogens (tertiary/aromatic N) is 1. The number of carbonyl (C=O) groups excluding carboxylic acids is 1. The molecule has 3 nitrogen and oxygen atoms in total. The highest BCUT2D eigenvalue weighted by Crippen LogP contribution is 2.29. The minimum atomic E-state index is -0.298. The van der Waals surface area contributed by atoms with E-state index in [1.165, 1.54) is 29.5 Å². The zero-order valence-corrected chi connectivity index (χ0v) is 13.6. The van der Waals surface area contributed by atoms with Crippen LogP contribution >= 0.6 is 11.8 Å². The van der Waals surface area contributed by atoms with Crippen molar-refractivity contribution in [3.8, 4) is 0 Å². The number of thioether (sulfide) groups is 1. The number of hydrogen-bond donors (Lipinski definition) is 1. The minimum absolute atomic E-state index is 0.192. The number of amidine groups is 1. The lowest BCUT2D eigenvalue weighted by molar-refractivity contribution is -0.115. The molecular formula is C18H15FN2OS. The number of rotatable bonds is 2. The van der Waals surface area contributed by atoms with Crippen LogP contribution in [0.1, 0.15) is 16.7 Å². The Morgan fingerprint density at radius 1 is 1.13 bits per heavy atom. The third-order valence-electron chi connectivity index (χ3n) is 3.39. The summed E-state index contributed by atoms with van der Waals surface area (Å²) < 4.78 is 12.9. The monoisotopic (exact) mass is 326 g/mol. The van der Waals surface area contributed by atoms with Crippen LogP contribution in [0.4, 0.5) is 10.1 Å². The summed E-state index contributed by atoms with van der Waals surface area (Å²) in [4.78, 5) is 17.1. The zero-order valence-electron chi connectivity index (χ0n) is 12.8. The second-order valence-electron chi connectivity index (χ2n) is 5.32. The zero-order chi connectivity index (χ0) is 16.4. The molecule has 0 radical (unpaired) electrons. The number of amides is 1. The summed E-state index contributed by atoms with van der Waals surface area (Å²) in [5.74, 6) is -0.490. The molecule has 0 aromatic heterocycles. The van der Waals surface area contributed by atoms with Crippen molar-refractivity contribution in [3.05, 3.63) is 69.9 Å². The van der Waals surface area contributed by atoms with Gasteiger partial charge in [-0.2, -0.15) is 0 Å². The van der Waals surface area contributed by atoms with Crippen LogP contribution in [-0.2, 0) is 4.79 Å². The fourth-order valence-corrected chi connectivity index (χ4v) is 3.07. The Hall–Kier alpha value is -2.40. The fourth-order valence-electron chi connectivity index (χ4n) is 2.23. The van der Waals surface area contributed by atoms with Gasteiger partial charge in [0, 0.05) is 0 Å². The summed E-state index contributed by atoms with van der Waals surface area (Å²) in [6, 6.07) is 12.0. The van der Waals surface area contributed by atoms with Crippen molar-refractivity contribution in [1.29, 1.82) is 0 Å². The van der Waals surface area contributed by atoms with Crippen molar-refractivity contribution < 1.29 is 9.18 Å². The Kier molecular flexibility index (Phi) is 4.30. The Morgan fingerprint density at radius 3 is 2.57 bits per heavy atom. The average molecular weight is 326 g/mol. The van der Waals surface area contributed by atoms with Gasteiger partial charge in [0.05, 0.1) is 10.6 Å². The number of aryl methyl sites for hydroxylation is 2. The van der Waals surface area contributed by atoms with Gasteiger partial charge in [-0.15, -0.1) is 0 Å². The van der Waals surface area contributed by atoms with Crippen LogP contribution in [0.25, 0.3) is 6.08 Å². The van der Waals surface area contributed by atoms with Crippen LogP contribution in [0.2, 0.25) is 0 Å². The molecule has 2 aromatic rings. The maximum Gasteiger partial charge on any atom is 0.264 e. The molecule has 0 aliphatic carbocycles. The molecule has 0 atom stereocenters. The highest BCUT2D eigenvalue weighted by Gasteiger charge is 2.23. The van der Waals surface area contributed by atoms with Gasteiger partial charge in [-0.05, 0) is 61.0 Å². The maximum absolute atomic E-state index is 12.9. The van der Waals surface area contributed by atoms with Gasteiger partial charge in [-0.25, -0.2) is 9.38 Å². The number of aliphatic imine (C=N–C) groups is 1. The van der Waals surface area contributed by atoms with E-state index >= 15 is 0 Å². The van der Waals surface area contributed by atoms with Crippen LogP contribution < -0.4 is 5.32 Å². The predicted octanol–water partition coefficient (Wildman–Crippen LogP) is 4.33. The normalized spacial score (nSPS) is 17.8. The van der Waals surface area contributed by atoms with Crippen molar-refractivity contribution in [2.45, 2.75) is 13.8 Å². The van der Waals surface area contributed by atoms with E-state index in [9.17, 15) is 9.18 Å². The molecular weight excluding hydrogens is 311 g/mol. The molecule has 116 valence electrons. The van der Waals surface area contributed by atoms with Crippen LogP contribution in [0, 0.1) is 19.7 Å². The lowest BCUT2D eigenvalue weighted by Gasteiger charge is -2.02. The molecule has 2 aromatic carbocycles. The van der Waals surface area contributed by atoms with Gasteiger partial charge < -0.3 is 5.32 Å². The van der Waals surface area contributed by atoms with Gasteiger partial charge >= 0.3 is 0 Å². The Balaban J connectivity index is 1.84. The number of carbonyl (C=O) groups is 1. The lowest BCUT2D eigenvalue weighted by Crippen LogP contribution is -2.19. The molecule has 1 aliphatic heterocycles. The van der Waals surface area contributed by atoms with Gasteiger partial charge in [0.15, 0.2) is 5.17 Å². The second kappa shape index (κ2) is 6.38. The van der Waals surface area contributed by atoms with E-state index in [2.05, 4.69) is 16.4 Å². The van der Waals surface area contributed by atoms with E-state index < -0.39 is 0 Å². The Morgan fingerprint density at radius 2 is 1.87 bits per heavy atom. The first-order valence-electron chi connectivity index (χ1n) is 7.14. The Bertz CT molecular complexity index is 825. The lowest BCUT2D eigenvalue weighted by atomic mass is 10.1. The van der Waals surface area contributed by atoms with Crippen molar-refractivity contribution in [2.24, 2.45) is 4.99 Å². The summed E-state index contributed by atoms with van der Waals surface area (Å²) >= 11 is 1.28. The summed E-state index contributed by atoms with van der Waals surface area (Å²) in [5, 5.41) is 3.31. The summed E-state index contributed by atoms with van der Waals surface area (Å²) in [6.07, 6.45) is 1.73. The first-order valence-corrected chi connectivity index (χ1v) is 7.95. The van der Waals surface area contributed by atoms with E-state index in [0.717, 1.165) is 16.8 Å². The number of nitrogens with one attached hydrogen (secondary N) is 1. The molecule has 5 heteroatoms. The van der Waals surface area contributed by atoms with Crippen molar-refractivity contribution >= 4 is 34.6 Å². The average Bonchev–Trinajstić information content (AvgIpc) is 2.84. The summed E-state index contributed by atoms with van der Waals surface area (Å²) in [7, 11) is 0. The third-order valence-corrected chi connectivity index (χ3v) is 4.30. The van der Waals surface area contributed by atoms with Gasteiger partial charge in [0.25, 0.3) is 5.91 Å². The molecule has 0 saturated carbocycles. The van der Waals surface area contributed by atoms with Gasteiger partial charge in [-0.1, -0.05) is 29.8 Å². The molecule has 23 heavy (non-hydrogen) atoms. The Labute approximate surface area is 138 Å². The van der Waals surface area contributed by atoms with Crippen molar-refractivity contribution in [1.82, 2.24) is 5.32 Å². The second-order valence-corrected chi connectivity index (χ2v) is 6.35. The standard InChI is InChI=1S/C18H15FN2OS/c1-11-3-8-15(12(2)9-11)20-18-21-17(22)16(23-18)10-13-4-6-14(19)7-5-13/h3-10H,1-2H3,(H,20,21,22)/b16-10+. The van der Waals surface area contributed by atoms with Crippen molar-refractivity contribution in [3.63, 3.8) is 0 Å². The van der Waals surface area contributed by atoms with E-state index in [0.29, 0.717) is 10.1 Å². The number of halogens is 1. The van der Waals surface area contributed by atoms with E-state index in [4.69, 9.17) is 0 Å². The molecule has 1 saturated heterocycles. The molecule has 1 aliphatic rings. The van der Waals surface area contributed by atoms with Crippen LogP contribution in [0.5, 0.6) is 0 Å². The van der Waals surface area contributed by atoms with Gasteiger partial charge in [0.1, 0.15) is 5.82 Å². The molecule has 0 unspecified atom stereocenters. The highest BCUT2D eigenvalue weighted by molar-refractivity contribution is 8.18. The SMILES string of the molecule is Cc1ccc(N=C2NC(=O)/C(=C\c3ccc(F)cc3)S2)c(C)c1. The summed E-state index contributed by atoms with van der Waals surface area (Å²) in [6.45, 7) is 4.02. The quantitative estimate of drug-likeness (QED) is 0.834. The minimum Gasteiger partial charge on any atom is -0.300 e. The third kappa shape index (κ3) is 3.68. The van der Waals surface area contributed by atoms with E-state index in [1.54, 1.807) is 18.2 Å². The molecule has 0 spiro atoms. The predicted molar refractivity (Wildman–Crippen MR) is 93.1 cm³/mol. The van der Waals surface area contributed by atoms with Crippen LogP contribution in [0.3, 0.4) is 0 Å². The topological polar surface area (TPSA) is 41.5 Å². The first kappa shape index (κ1) is 15.5. The van der Waals surface area contributed by atoms with Crippen LogP contribution in [-0.4, -0.2) is 11.1 Å². The molecule has 1 N–H and O–H groups in total. The molecule has 0 bridgehead atoms. The smallest absolute Gasteiger partial charge is 0.264 e. The van der Waals surface area contributed by atoms with Gasteiger partial charge in [0.2, 0.25) is 0 Å². The number of benzene rings is 2. The molecule has 3 rings (SSSR count). The largest absolute Gasteiger partial charge is 0.300 e. The maximum atomic E-state index is 12.9. The van der Waals surface area contributed by atoms with Gasteiger partial charge in [-0.3, -0.25) is 4.79 Å². The van der Waals surface area contributed by atoms with E-state index in [-0.39, 0.29) is 11.7 Å². The number of hydrogen-bond acceptors (Lipinski definition) is 3. The van der Waals surface area contributed by atoms with Crippen molar-refractivity contribution in [2.75, 3.05) is 0 Å². The first-order chi connectivity index (χ1) is 11.0. The molecule has 1 fully saturated rings. The van der Waals surface area contributed by atoms with E-state index in [1.807, 2.05) is 26.0 Å². The fraction of sp³-hybridized carbons (Fsp3) is 0.111.